The molecule has 0 fully saturated rings. The predicted octanol–water partition coefficient (Wildman–Crippen LogP) is 1.60. The second-order valence-corrected chi connectivity index (χ2v) is 0. The van der Waals surface area contributed by atoms with Crippen LogP contribution >= 0.6 is 0 Å². The number of hydrogen-bond donors (Lipinski definition) is 0. The summed E-state index contributed by atoms with van der Waals surface area (Å²) in [6, 6.07) is 0. The van der Waals surface area contributed by atoms with Crippen LogP contribution < -0.4 is 0 Å². The Morgan fingerprint density at radius 2 is 0.714 bits per heavy atom. The van der Waals surface area contributed by atoms with Crippen molar-refractivity contribution in [1.82, 2.24) is 0 Å². The Kier molecular flexibility index (Phi) is 891. The molecule has 0 aromatic rings. The van der Waals surface area contributed by atoms with Crippen LogP contribution in [0.25, 0.3) is 0 Å². The van der Waals surface area contributed by atoms with Crippen molar-refractivity contribution in [2.45, 2.75) is 14.9 Å². The van der Waals surface area contributed by atoms with Gasteiger partial charge in [-0.1, -0.05) is 14.9 Å². The Morgan fingerprint density at radius 1 is 0.714 bits per heavy atom. The third-order valence-corrected chi connectivity index (χ3v) is 0. The summed E-state index contributed by atoms with van der Waals surface area (Å²) in [6.07, 6.45) is 3.17. The molecule has 7 heavy (non-hydrogen) atoms. The maximum absolute atomic E-state index is 4.08. The quantitative estimate of drug-likeness (QED) is 0.622. The number of hydrogen-bond acceptors (Lipinski definition) is 2. The zero-order valence-electron chi connectivity index (χ0n) is 3.13. The van der Waals surface area contributed by atoms with Crippen molar-refractivity contribution in [3.05, 3.63) is 0 Å². The molecule has 52 valence electrons. The molecule has 0 spiro atoms. The first-order valence-corrected chi connectivity index (χ1v) is 2.45. The minimum Gasteiger partial charge on any atom is -0.796 e. The molecule has 0 aromatic carbocycles. The molecule has 0 unspecified atom stereocenters. The Labute approximate surface area is 73.5 Å². The molecule has 0 N–H and O–H groups in total. The first-order chi connectivity index (χ1) is 2.00. The molecule has 0 aromatic heterocycles. The zero-order chi connectivity index (χ0) is 4.00. The molecule has 0 aliphatic rings. The smallest absolute Gasteiger partial charge is 0.796 e. The van der Waals surface area contributed by atoms with Gasteiger partial charge in [-0.25, -0.2) is 0 Å². The van der Waals surface area contributed by atoms with E-state index in [-0.39, 0.29) is 35.9 Å². The minimum absolute atomic E-state index is 0. The summed E-state index contributed by atoms with van der Waals surface area (Å²) in [4.78, 5) is 0. The van der Waals surface area contributed by atoms with Gasteiger partial charge in [0, 0.05) is 0 Å². The van der Waals surface area contributed by atoms with Crippen molar-refractivity contribution in [2.75, 3.05) is 12.5 Å². The number of rotatable bonds is 0. The van der Waals surface area contributed by atoms with Crippen molar-refractivity contribution >= 4 is 25.3 Å². The van der Waals surface area contributed by atoms with E-state index in [1.807, 2.05) is 0 Å². The average molecular weight is 321 g/mol. The van der Waals surface area contributed by atoms with Gasteiger partial charge in [0.1, 0.15) is 0 Å². The summed E-state index contributed by atoms with van der Waals surface area (Å²) in [7, 11) is 0. The zero-order valence-corrected chi connectivity index (χ0v) is 7.04. The maximum Gasteiger partial charge on any atom is 2.00 e. The molecule has 0 nitrogen and oxygen atoms in total. The van der Waals surface area contributed by atoms with Crippen LogP contribution in [0.4, 0.5) is 0 Å². The van der Waals surface area contributed by atoms with E-state index in [0.29, 0.717) is 0 Å². The van der Waals surface area contributed by atoms with E-state index < -0.39 is 0 Å². The third kappa shape index (κ3) is 111. The molecule has 0 atom stereocenters. The fraction of sp³-hybridized carbons (Fsp3) is 1.00. The average Bonchev–Trinajstić information content (AvgIpc) is 1.50. The second kappa shape index (κ2) is 156. The summed E-state index contributed by atoms with van der Waals surface area (Å²) in [6.45, 7) is 0. The molecule has 0 aliphatic heterocycles. The molecule has 0 rings (SSSR count). The summed E-state index contributed by atoms with van der Waals surface area (Å²) >= 11 is 8.17. The molecule has 0 saturated heterocycles. The topological polar surface area (TPSA) is 0 Å². The van der Waals surface area contributed by atoms with Crippen LogP contribution in [0.2, 0.25) is 0 Å². The Balaban J connectivity index is -0.00000000267. The summed E-state index contributed by atoms with van der Waals surface area (Å²) in [5.41, 5.74) is 0. The van der Waals surface area contributed by atoms with E-state index in [0.717, 1.165) is 0 Å². The summed E-state index contributed by atoms with van der Waals surface area (Å²) < 4.78 is 0. The van der Waals surface area contributed by atoms with Crippen LogP contribution in [0, 0.1) is 0 Å². The molecule has 0 amide bonds. The fourth-order valence-corrected chi connectivity index (χ4v) is 0. The predicted molar refractivity (Wildman–Crippen MR) is 40.0 cm³/mol. The van der Waals surface area contributed by atoms with Crippen molar-refractivity contribution in [2.24, 2.45) is 0 Å². The molecule has 0 saturated carbocycles. The van der Waals surface area contributed by atoms with Gasteiger partial charge in [0.25, 0.3) is 0 Å². The largest absolute Gasteiger partial charge is 2.00 e. The molecule has 0 radical (unpaired) electrons. The molecule has 0 bridgehead atoms. The molecule has 0 heterocycles. The van der Waals surface area contributed by atoms with Crippen LogP contribution in [0.3, 0.4) is 0 Å². The van der Waals surface area contributed by atoms with E-state index in [9.17, 15) is 0 Å². The van der Waals surface area contributed by atoms with Crippen LogP contribution in [-0.4, -0.2) is 12.5 Å². The van der Waals surface area contributed by atoms with Crippen LogP contribution in [0.15, 0.2) is 0 Å². The van der Waals surface area contributed by atoms with E-state index in [2.05, 4.69) is 25.3 Å². The van der Waals surface area contributed by atoms with E-state index in [1.165, 1.54) is 0 Å². The van der Waals surface area contributed by atoms with Gasteiger partial charge in [-0.05, 0) is 0 Å². The minimum atomic E-state index is 0. The van der Waals surface area contributed by atoms with Gasteiger partial charge in [-0.15, -0.1) is 0 Å². The second-order valence-electron chi connectivity index (χ2n) is 0. The SMILES string of the molecule is C.C.C[S-].C[S-].[Pt+2]. The monoisotopic (exact) mass is 321 g/mol. The van der Waals surface area contributed by atoms with Gasteiger partial charge < -0.3 is 25.3 Å². The van der Waals surface area contributed by atoms with Gasteiger partial charge in [0.05, 0.1) is 0 Å². The third-order valence-electron chi connectivity index (χ3n) is 0. The van der Waals surface area contributed by atoms with Gasteiger partial charge in [-0.2, -0.15) is 12.5 Å². The van der Waals surface area contributed by atoms with Gasteiger partial charge >= 0.3 is 21.1 Å². The van der Waals surface area contributed by atoms with Gasteiger partial charge in [0.15, 0.2) is 0 Å². The van der Waals surface area contributed by atoms with Crippen LogP contribution in [0.1, 0.15) is 14.9 Å². The fourth-order valence-electron chi connectivity index (χ4n) is 0. The maximum atomic E-state index is 4.08. The van der Waals surface area contributed by atoms with Gasteiger partial charge in [0.2, 0.25) is 0 Å². The Bertz CT molecular complexity index is 9.65. The molecular formula is C4H14PtS2. The van der Waals surface area contributed by atoms with E-state index in [1.54, 1.807) is 12.5 Å². The van der Waals surface area contributed by atoms with Crippen LogP contribution in [0.5, 0.6) is 0 Å². The van der Waals surface area contributed by atoms with Crippen molar-refractivity contribution in [3.8, 4) is 0 Å². The van der Waals surface area contributed by atoms with Crippen molar-refractivity contribution in [1.29, 1.82) is 0 Å². The van der Waals surface area contributed by atoms with Crippen LogP contribution in [-0.2, 0) is 46.3 Å². The van der Waals surface area contributed by atoms with Crippen molar-refractivity contribution in [3.63, 3.8) is 0 Å². The van der Waals surface area contributed by atoms with E-state index >= 15 is 0 Å². The standard InChI is InChI=1S/2CH4S.2CH4.Pt/c2*1-2;;;/h2*2H,1H3;2*1H4;/q;;;;+2/p-2. The van der Waals surface area contributed by atoms with E-state index in [4.69, 9.17) is 0 Å². The molecule has 0 aliphatic carbocycles. The molecular weight excluding hydrogens is 307 g/mol. The molecule has 3 heteroatoms. The van der Waals surface area contributed by atoms with Crippen molar-refractivity contribution < 1.29 is 21.1 Å². The normalized spacial score (nSPS) is 1.71. The first kappa shape index (κ1) is 39.9. The summed E-state index contributed by atoms with van der Waals surface area (Å²) in [5, 5.41) is 0. The first-order valence-electron chi connectivity index (χ1n) is 0.816. The Hall–Kier alpha value is 1.39. The van der Waals surface area contributed by atoms with Gasteiger partial charge in [-0.3, -0.25) is 0 Å². The summed E-state index contributed by atoms with van der Waals surface area (Å²) in [5.74, 6) is 0. The Morgan fingerprint density at radius 3 is 0.714 bits per heavy atom.